The molecule has 0 saturated heterocycles. The fourth-order valence-corrected chi connectivity index (χ4v) is 1.28. The molecule has 1 rings (SSSR count). The highest BCUT2D eigenvalue weighted by atomic mass is 127. The fraction of sp³-hybridized carbons (Fsp3) is 0. The molecule has 0 aromatic heterocycles. The first-order chi connectivity index (χ1) is 5.74. The van der Waals surface area contributed by atoms with Crippen LogP contribution in [0.4, 0.5) is 0 Å². The standard InChI is InChI=1S/C8H5Cl2IO/c9-5-8(10)12-7-4-2-1-3-6(7)11/h1-5H/b8-5+. The Bertz CT molecular complexity index is 299. The van der Waals surface area contributed by atoms with Crippen molar-refractivity contribution in [2.45, 2.75) is 0 Å². The predicted molar refractivity (Wildman–Crippen MR) is 59.6 cm³/mol. The van der Waals surface area contributed by atoms with Gasteiger partial charge in [0, 0.05) is 0 Å². The van der Waals surface area contributed by atoms with Crippen molar-refractivity contribution in [1.29, 1.82) is 0 Å². The van der Waals surface area contributed by atoms with Crippen molar-refractivity contribution in [3.63, 3.8) is 0 Å². The zero-order chi connectivity index (χ0) is 8.97. The Labute approximate surface area is 94.5 Å². The largest absolute Gasteiger partial charge is 0.443 e. The van der Waals surface area contributed by atoms with E-state index in [0.717, 1.165) is 3.57 Å². The molecule has 0 fully saturated rings. The monoisotopic (exact) mass is 314 g/mol. The maximum Gasteiger partial charge on any atom is 0.205 e. The van der Waals surface area contributed by atoms with Gasteiger partial charge in [-0.2, -0.15) is 0 Å². The van der Waals surface area contributed by atoms with Crippen LogP contribution >= 0.6 is 45.8 Å². The van der Waals surface area contributed by atoms with E-state index in [4.69, 9.17) is 27.9 Å². The molecule has 0 aliphatic rings. The summed E-state index contributed by atoms with van der Waals surface area (Å²) >= 11 is 13.1. The molecule has 0 unspecified atom stereocenters. The van der Waals surface area contributed by atoms with Gasteiger partial charge in [-0.15, -0.1) is 0 Å². The van der Waals surface area contributed by atoms with Crippen molar-refractivity contribution in [2.75, 3.05) is 0 Å². The molecular formula is C8H5Cl2IO. The van der Waals surface area contributed by atoms with Crippen molar-refractivity contribution >= 4 is 45.8 Å². The Morgan fingerprint density at radius 2 is 2.08 bits per heavy atom. The van der Waals surface area contributed by atoms with E-state index in [1.807, 2.05) is 24.3 Å². The number of rotatable bonds is 2. The number of benzene rings is 1. The Morgan fingerprint density at radius 3 is 2.67 bits per heavy atom. The molecule has 0 N–H and O–H groups in total. The molecule has 0 aliphatic heterocycles. The second kappa shape index (κ2) is 4.94. The molecular weight excluding hydrogens is 310 g/mol. The van der Waals surface area contributed by atoms with Crippen molar-refractivity contribution < 1.29 is 4.74 Å². The van der Waals surface area contributed by atoms with Crippen molar-refractivity contribution in [2.24, 2.45) is 0 Å². The van der Waals surface area contributed by atoms with E-state index >= 15 is 0 Å². The number of para-hydroxylation sites is 1. The molecule has 12 heavy (non-hydrogen) atoms. The van der Waals surface area contributed by atoms with Crippen molar-refractivity contribution in [3.8, 4) is 5.75 Å². The van der Waals surface area contributed by atoms with Crippen LogP contribution in [0.25, 0.3) is 0 Å². The van der Waals surface area contributed by atoms with Gasteiger partial charge in [0.2, 0.25) is 5.22 Å². The van der Waals surface area contributed by atoms with Crippen LogP contribution < -0.4 is 4.74 Å². The first-order valence-electron chi connectivity index (χ1n) is 3.12. The number of halogens is 3. The van der Waals surface area contributed by atoms with Gasteiger partial charge in [0.1, 0.15) is 5.75 Å². The highest BCUT2D eigenvalue weighted by Gasteiger charge is 2.00. The summed E-state index contributed by atoms with van der Waals surface area (Å²) < 4.78 is 6.17. The van der Waals surface area contributed by atoms with Crippen LogP contribution in [0.15, 0.2) is 35.0 Å². The molecule has 0 saturated carbocycles. The van der Waals surface area contributed by atoms with Crippen LogP contribution in [-0.2, 0) is 0 Å². The third kappa shape index (κ3) is 2.84. The number of hydrogen-bond donors (Lipinski definition) is 0. The number of ether oxygens (including phenoxy) is 1. The van der Waals surface area contributed by atoms with Gasteiger partial charge in [0.25, 0.3) is 0 Å². The molecule has 0 radical (unpaired) electrons. The smallest absolute Gasteiger partial charge is 0.205 e. The van der Waals surface area contributed by atoms with Crippen LogP contribution in [0.1, 0.15) is 0 Å². The van der Waals surface area contributed by atoms with E-state index in [-0.39, 0.29) is 5.22 Å². The Kier molecular flexibility index (Phi) is 4.18. The van der Waals surface area contributed by atoms with Gasteiger partial charge in [0.05, 0.1) is 9.11 Å². The lowest BCUT2D eigenvalue weighted by Gasteiger charge is -2.03. The fourth-order valence-electron chi connectivity index (χ4n) is 0.655. The first-order valence-corrected chi connectivity index (χ1v) is 5.01. The summed E-state index contributed by atoms with van der Waals surface area (Å²) in [6.07, 6.45) is 0. The third-order valence-corrected chi connectivity index (χ3v) is 2.52. The maximum absolute atomic E-state index is 5.58. The molecule has 1 aromatic carbocycles. The van der Waals surface area contributed by atoms with E-state index < -0.39 is 0 Å². The zero-order valence-corrected chi connectivity index (χ0v) is 9.60. The minimum atomic E-state index is 0.167. The Hall–Kier alpha value is 0.0700. The quantitative estimate of drug-likeness (QED) is 0.593. The Balaban J connectivity index is 2.82. The second-order valence-electron chi connectivity index (χ2n) is 1.95. The first kappa shape index (κ1) is 10.2. The van der Waals surface area contributed by atoms with Gasteiger partial charge in [-0.3, -0.25) is 0 Å². The molecule has 0 aliphatic carbocycles. The summed E-state index contributed by atoms with van der Waals surface area (Å²) in [6, 6.07) is 7.54. The van der Waals surface area contributed by atoms with E-state index in [1.54, 1.807) is 0 Å². The van der Waals surface area contributed by atoms with E-state index in [2.05, 4.69) is 22.6 Å². The molecule has 0 heterocycles. The van der Waals surface area contributed by atoms with Gasteiger partial charge in [-0.05, 0) is 46.3 Å². The highest BCUT2D eigenvalue weighted by molar-refractivity contribution is 14.1. The Morgan fingerprint density at radius 1 is 1.42 bits per heavy atom. The molecule has 0 spiro atoms. The van der Waals surface area contributed by atoms with Gasteiger partial charge < -0.3 is 4.74 Å². The van der Waals surface area contributed by atoms with E-state index in [9.17, 15) is 0 Å². The van der Waals surface area contributed by atoms with Crippen LogP contribution in [0, 0.1) is 3.57 Å². The zero-order valence-electron chi connectivity index (χ0n) is 5.93. The minimum Gasteiger partial charge on any atom is -0.443 e. The van der Waals surface area contributed by atoms with Crippen molar-refractivity contribution in [3.05, 3.63) is 38.6 Å². The molecule has 0 amide bonds. The topological polar surface area (TPSA) is 9.23 Å². The van der Waals surface area contributed by atoms with Crippen LogP contribution in [0.5, 0.6) is 5.75 Å². The summed E-state index contributed by atoms with van der Waals surface area (Å²) in [7, 11) is 0. The predicted octanol–water partition coefficient (Wildman–Crippen LogP) is 3.95. The van der Waals surface area contributed by atoms with E-state index in [1.165, 1.54) is 5.54 Å². The molecule has 0 bridgehead atoms. The van der Waals surface area contributed by atoms with Gasteiger partial charge in [-0.1, -0.05) is 23.7 Å². The van der Waals surface area contributed by atoms with Gasteiger partial charge in [-0.25, -0.2) is 0 Å². The van der Waals surface area contributed by atoms with Crippen LogP contribution in [0.3, 0.4) is 0 Å². The summed E-state index contributed by atoms with van der Waals surface area (Å²) in [6.45, 7) is 0. The summed E-state index contributed by atoms with van der Waals surface area (Å²) in [5, 5.41) is 0.167. The molecule has 4 heteroatoms. The van der Waals surface area contributed by atoms with Crippen LogP contribution in [0.2, 0.25) is 0 Å². The second-order valence-corrected chi connectivity index (χ2v) is 3.70. The third-order valence-electron chi connectivity index (χ3n) is 1.13. The molecule has 1 aromatic rings. The molecule has 64 valence electrons. The lowest BCUT2D eigenvalue weighted by Crippen LogP contribution is -1.89. The summed E-state index contributed by atoms with van der Waals surface area (Å²) in [5.74, 6) is 0.708. The van der Waals surface area contributed by atoms with Crippen LogP contribution in [-0.4, -0.2) is 0 Å². The SMILES string of the molecule is Cl/C=C(\Cl)Oc1ccccc1I. The average molecular weight is 315 g/mol. The van der Waals surface area contributed by atoms with Gasteiger partial charge >= 0.3 is 0 Å². The maximum atomic E-state index is 5.58. The lowest BCUT2D eigenvalue weighted by molar-refractivity contribution is 0.460. The lowest BCUT2D eigenvalue weighted by atomic mass is 10.3. The molecule has 1 nitrogen and oxygen atoms in total. The summed E-state index contributed by atoms with van der Waals surface area (Å²) in [4.78, 5) is 0. The van der Waals surface area contributed by atoms with E-state index in [0.29, 0.717) is 5.75 Å². The normalized spacial score (nSPS) is 11.4. The van der Waals surface area contributed by atoms with Gasteiger partial charge in [0.15, 0.2) is 0 Å². The summed E-state index contributed by atoms with van der Waals surface area (Å²) in [5.41, 5.74) is 1.19. The minimum absolute atomic E-state index is 0.167. The number of hydrogen-bond acceptors (Lipinski definition) is 1. The molecule has 0 atom stereocenters. The highest BCUT2D eigenvalue weighted by Crippen LogP contribution is 2.23. The average Bonchev–Trinajstić information content (AvgIpc) is 2.09. The van der Waals surface area contributed by atoms with Crippen molar-refractivity contribution in [1.82, 2.24) is 0 Å².